The Morgan fingerprint density at radius 2 is 1.85 bits per heavy atom. The van der Waals surface area contributed by atoms with Crippen molar-refractivity contribution in [3.05, 3.63) is 54.1 Å². The van der Waals surface area contributed by atoms with Crippen LogP contribution in [0.15, 0.2) is 58.2 Å². The zero-order valence-electron chi connectivity index (χ0n) is 15.2. The molecule has 0 radical (unpaired) electrons. The van der Waals surface area contributed by atoms with Crippen LogP contribution in [0.1, 0.15) is 19.4 Å². The monoisotopic (exact) mass is 383 g/mol. The van der Waals surface area contributed by atoms with Crippen LogP contribution in [0.5, 0.6) is 0 Å². The summed E-state index contributed by atoms with van der Waals surface area (Å²) < 4.78 is 5.58. The smallest absolute Gasteiger partial charge is 0.257 e. The first kappa shape index (κ1) is 19.0. The molecule has 140 valence electrons. The lowest BCUT2D eigenvalue weighted by Gasteiger charge is -2.09. The lowest BCUT2D eigenvalue weighted by Crippen LogP contribution is -2.24. The van der Waals surface area contributed by atoms with Gasteiger partial charge in [0.05, 0.1) is 5.75 Å². The van der Waals surface area contributed by atoms with Crippen molar-refractivity contribution in [2.45, 2.75) is 25.6 Å². The van der Waals surface area contributed by atoms with Crippen LogP contribution in [0.3, 0.4) is 0 Å². The van der Waals surface area contributed by atoms with Crippen molar-refractivity contribution < 1.29 is 14.0 Å². The molecule has 0 unspecified atom stereocenters. The fourth-order valence-electron chi connectivity index (χ4n) is 2.28. The zero-order chi connectivity index (χ0) is 19.2. The summed E-state index contributed by atoms with van der Waals surface area (Å²) in [5.74, 6) is 0.0458. The number of thioether (sulfide) groups is 1. The van der Waals surface area contributed by atoms with Gasteiger partial charge in [-0.3, -0.25) is 9.59 Å². The molecule has 27 heavy (non-hydrogen) atoms. The number of anilines is 1. The highest BCUT2D eigenvalue weighted by Crippen LogP contribution is 2.22. The van der Waals surface area contributed by atoms with Crippen molar-refractivity contribution in [2.24, 2.45) is 5.92 Å². The molecule has 3 aromatic rings. The summed E-state index contributed by atoms with van der Waals surface area (Å²) in [4.78, 5) is 28.0. The van der Waals surface area contributed by atoms with E-state index in [9.17, 15) is 9.59 Å². The van der Waals surface area contributed by atoms with Gasteiger partial charge in [0.15, 0.2) is 5.58 Å². The van der Waals surface area contributed by atoms with Crippen LogP contribution in [0, 0.1) is 5.92 Å². The molecule has 2 N–H and O–H groups in total. The molecule has 0 aliphatic carbocycles. The highest BCUT2D eigenvalue weighted by atomic mass is 32.2. The second-order valence-electron chi connectivity index (χ2n) is 6.35. The van der Waals surface area contributed by atoms with E-state index in [2.05, 4.69) is 15.6 Å². The molecule has 0 saturated heterocycles. The number of hydrogen-bond donors (Lipinski definition) is 2. The average molecular weight is 383 g/mol. The number of rotatable bonds is 7. The lowest BCUT2D eigenvalue weighted by molar-refractivity contribution is -0.119. The number of fused-ring (bicyclic) bond motifs is 1. The van der Waals surface area contributed by atoms with Crippen molar-refractivity contribution in [3.63, 3.8) is 0 Å². The minimum absolute atomic E-state index is 0.0210. The van der Waals surface area contributed by atoms with Gasteiger partial charge in [0.2, 0.25) is 11.8 Å². The summed E-state index contributed by atoms with van der Waals surface area (Å²) in [5, 5.41) is 6.18. The maximum atomic E-state index is 12.0. The predicted octanol–water partition coefficient (Wildman–Crippen LogP) is 3.83. The Morgan fingerprint density at radius 3 is 2.56 bits per heavy atom. The summed E-state index contributed by atoms with van der Waals surface area (Å²) in [6.07, 6.45) is 0. The number of carbonyl (C=O) groups is 2. The highest BCUT2D eigenvalue weighted by Gasteiger charge is 2.09. The normalized spacial score (nSPS) is 10.9. The van der Waals surface area contributed by atoms with Gasteiger partial charge in [0.1, 0.15) is 5.52 Å². The Labute approximate surface area is 161 Å². The van der Waals surface area contributed by atoms with Gasteiger partial charge in [-0.15, -0.1) is 0 Å². The Morgan fingerprint density at radius 1 is 1.11 bits per heavy atom. The number of nitrogens with one attached hydrogen (secondary N) is 2. The van der Waals surface area contributed by atoms with Crippen molar-refractivity contribution >= 4 is 40.4 Å². The second kappa shape index (κ2) is 8.73. The van der Waals surface area contributed by atoms with Crippen LogP contribution in [-0.2, 0) is 16.1 Å². The number of benzene rings is 2. The number of aromatic nitrogens is 1. The van der Waals surface area contributed by atoms with E-state index in [0.29, 0.717) is 17.4 Å². The van der Waals surface area contributed by atoms with Gasteiger partial charge in [-0.25, -0.2) is 4.98 Å². The number of para-hydroxylation sites is 2. The minimum Gasteiger partial charge on any atom is -0.431 e. The summed E-state index contributed by atoms with van der Waals surface area (Å²) >= 11 is 1.26. The number of carbonyl (C=O) groups excluding carboxylic acids is 2. The Balaban J connectivity index is 1.45. The van der Waals surface area contributed by atoms with E-state index >= 15 is 0 Å². The van der Waals surface area contributed by atoms with E-state index in [1.165, 1.54) is 11.8 Å². The van der Waals surface area contributed by atoms with E-state index in [1.807, 2.05) is 62.4 Å². The van der Waals surface area contributed by atoms with Crippen molar-refractivity contribution in [1.82, 2.24) is 10.3 Å². The summed E-state index contributed by atoms with van der Waals surface area (Å²) in [6.45, 7) is 4.11. The largest absolute Gasteiger partial charge is 0.431 e. The molecule has 0 bridgehead atoms. The van der Waals surface area contributed by atoms with Gasteiger partial charge < -0.3 is 15.1 Å². The Bertz CT molecular complexity index is 902. The molecule has 1 heterocycles. The number of amides is 2. The quantitative estimate of drug-likeness (QED) is 0.606. The third kappa shape index (κ3) is 5.34. The van der Waals surface area contributed by atoms with E-state index < -0.39 is 0 Å². The number of oxazole rings is 1. The maximum Gasteiger partial charge on any atom is 0.257 e. The fourth-order valence-corrected chi connectivity index (χ4v) is 2.95. The molecule has 2 amide bonds. The zero-order valence-corrected chi connectivity index (χ0v) is 16.0. The summed E-state index contributed by atoms with van der Waals surface area (Å²) in [5.41, 5.74) is 3.20. The van der Waals surface area contributed by atoms with Crippen LogP contribution in [0.25, 0.3) is 11.1 Å². The molecule has 2 aromatic carbocycles. The van der Waals surface area contributed by atoms with E-state index in [0.717, 1.165) is 16.8 Å². The Hall–Kier alpha value is -2.80. The number of nitrogens with zero attached hydrogens (tertiary/aromatic N) is 1. The van der Waals surface area contributed by atoms with E-state index in [4.69, 9.17) is 4.42 Å². The standard InChI is InChI=1S/C20H21N3O3S/c1-13(2)19(25)22-15-9-7-14(8-10-15)11-21-18(24)12-27-20-23-16-5-3-4-6-17(16)26-20/h3-10,13H,11-12H2,1-2H3,(H,21,24)(H,22,25). The van der Waals surface area contributed by atoms with Crippen LogP contribution < -0.4 is 10.6 Å². The van der Waals surface area contributed by atoms with Crippen molar-refractivity contribution in [2.75, 3.05) is 11.1 Å². The van der Waals surface area contributed by atoms with Crippen molar-refractivity contribution in [3.8, 4) is 0 Å². The van der Waals surface area contributed by atoms with Crippen LogP contribution in [0.2, 0.25) is 0 Å². The molecule has 3 rings (SSSR count). The molecular weight excluding hydrogens is 362 g/mol. The predicted molar refractivity (Wildman–Crippen MR) is 106 cm³/mol. The van der Waals surface area contributed by atoms with Gasteiger partial charge in [-0.2, -0.15) is 0 Å². The van der Waals surface area contributed by atoms with Crippen LogP contribution >= 0.6 is 11.8 Å². The summed E-state index contributed by atoms with van der Waals surface area (Å²) in [7, 11) is 0. The molecule has 0 saturated carbocycles. The molecule has 0 aliphatic rings. The molecule has 0 aliphatic heterocycles. The maximum absolute atomic E-state index is 12.0. The molecule has 6 nitrogen and oxygen atoms in total. The average Bonchev–Trinajstić information content (AvgIpc) is 3.08. The molecule has 7 heteroatoms. The fraction of sp³-hybridized carbons (Fsp3) is 0.250. The first-order valence-corrected chi connectivity index (χ1v) is 9.64. The van der Waals surface area contributed by atoms with E-state index in [1.54, 1.807) is 0 Å². The molecule has 1 aromatic heterocycles. The highest BCUT2D eigenvalue weighted by molar-refractivity contribution is 7.99. The molecule has 0 fully saturated rings. The minimum atomic E-state index is -0.0977. The van der Waals surface area contributed by atoms with Crippen LogP contribution in [-0.4, -0.2) is 22.6 Å². The molecular formula is C20H21N3O3S. The van der Waals surface area contributed by atoms with E-state index in [-0.39, 0.29) is 23.5 Å². The lowest BCUT2D eigenvalue weighted by atomic mass is 10.1. The van der Waals surface area contributed by atoms with Gasteiger partial charge in [-0.05, 0) is 29.8 Å². The first-order valence-electron chi connectivity index (χ1n) is 8.66. The first-order chi connectivity index (χ1) is 13.0. The van der Waals surface area contributed by atoms with Crippen LogP contribution in [0.4, 0.5) is 5.69 Å². The Kier molecular flexibility index (Phi) is 6.13. The number of hydrogen-bond acceptors (Lipinski definition) is 5. The SMILES string of the molecule is CC(C)C(=O)Nc1ccc(CNC(=O)CSc2nc3ccccc3o2)cc1. The van der Waals surface area contributed by atoms with Gasteiger partial charge in [0.25, 0.3) is 5.22 Å². The van der Waals surface area contributed by atoms with Crippen molar-refractivity contribution in [1.29, 1.82) is 0 Å². The van der Waals surface area contributed by atoms with Gasteiger partial charge in [-0.1, -0.05) is 49.9 Å². The molecule has 0 atom stereocenters. The topological polar surface area (TPSA) is 84.2 Å². The second-order valence-corrected chi connectivity index (χ2v) is 7.28. The summed E-state index contributed by atoms with van der Waals surface area (Å²) in [6, 6.07) is 14.9. The third-order valence-corrected chi connectivity index (χ3v) is 4.66. The third-order valence-electron chi connectivity index (χ3n) is 3.84. The molecule has 0 spiro atoms. The van der Waals surface area contributed by atoms with Gasteiger partial charge >= 0.3 is 0 Å². The van der Waals surface area contributed by atoms with Gasteiger partial charge in [0, 0.05) is 18.2 Å².